The van der Waals surface area contributed by atoms with Gasteiger partial charge in [-0.05, 0) is 31.5 Å². The minimum atomic E-state index is -4.01. The zero-order valence-electron chi connectivity index (χ0n) is 11.6. The van der Waals surface area contributed by atoms with E-state index in [9.17, 15) is 28.4 Å². The van der Waals surface area contributed by atoms with Gasteiger partial charge >= 0.3 is 0 Å². The third-order valence-electron chi connectivity index (χ3n) is 2.74. The lowest BCUT2D eigenvalue weighted by atomic mass is 10.2. The molecule has 1 unspecified atom stereocenters. The van der Waals surface area contributed by atoms with Crippen LogP contribution in [0.25, 0.3) is 0 Å². The Labute approximate surface area is 127 Å². The summed E-state index contributed by atoms with van der Waals surface area (Å²) in [5, 5.41) is 20.0. The van der Waals surface area contributed by atoms with Gasteiger partial charge in [-0.15, -0.1) is 0 Å². The van der Waals surface area contributed by atoms with E-state index in [0.717, 1.165) is 24.3 Å². The number of nitrogens with one attached hydrogen (secondary N) is 1. The fraction of sp³-hybridized carbons (Fsp3) is 0.417. The fourth-order valence-corrected chi connectivity index (χ4v) is 2.82. The smallest absolute Gasteiger partial charge is 0.269 e. The minimum Gasteiger partial charge on any atom is -0.392 e. The number of amides is 1. The van der Waals surface area contributed by atoms with E-state index in [-0.39, 0.29) is 17.7 Å². The highest BCUT2D eigenvalue weighted by atomic mass is 32.2. The summed E-state index contributed by atoms with van der Waals surface area (Å²) < 4.78 is 25.3. The summed E-state index contributed by atoms with van der Waals surface area (Å²) >= 11 is 0. The second-order valence-corrected chi connectivity index (χ2v) is 6.37. The lowest BCUT2D eigenvalue weighted by molar-refractivity contribution is -0.384. The third kappa shape index (κ3) is 5.76. The molecule has 0 saturated heterocycles. The summed E-state index contributed by atoms with van der Waals surface area (Å²) in [4.78, 5) is 21.6. The second kappa shape index (κ2) is 7.82. The highest BCUT2D eigenvalue weighted by molar-refractivity contribution is 7.90. The highest BCUT2D eigenvalue weighted by Crippen LogP contribution is 2.12. The molecule has 22 heavy (non-hydrogen) atoms. The van der Waals surface area contributed by atoms with Crippen LogP contribution in [-0.2, 0) is 10.0 Å². The Kier molecular flexibility index (Phi) is 6.40. The molecule has 0 radical (unpaired) electrons. The van der Waals surface area contributed by atoms with Crippen LogP contribution >= 0.6 is 0 Å². The van der Waals surface area contributed by atoms with Gasteiger partial charge < -0.3 is 10.8 Å². The molecule has 4 N–H and O–H groups in total. The first-order chi connectivity index (χ1) is 10.2. The summed E-state index contributed by atoms with van der Waals surface area (Å²) in [6.45, 7) is 0.326. The molecular weight excluding hydrogens is 314 g/mol. The number of aliphatic hydroxyl groups excluding tert-OH is 1. The largest absolute Gasteiger partial charge is 0.392 e. The van der Waals surface area contributed by atoms with Gasteiger partial charge in [-0.25, -0.2) is 13.1 Å². The Hall–Kier alpha value is -2.04. The lowest BCUT2D eigenvalue weighted by Gasteiger charge is -2.11. The number of carbonyl (C=O) groups excluding carboxylic acids is 1. The number of hydrogen-bond acceptors (Lipinski definition) is 7. The van der Waals surface area contributed by atoms with Gasteiger partial charge in [0.25, 0.3) is 11.6 Å². The molecule has 9 nitrogen and oxygen atoms in total. The standard InChI is InChI=1S/C12H17N3O6S/c13-7-1-2-11(16)8-22(20,21)14-12(17)9-3-5-10(6-4-9)15(18)19/h3-6,11,16H,1-2,7-8,13H2,(H,14,17). The number of sulfonamides is 1. The van der Waals surface area contributed by atoms with Crippen molar-refractivity contribution in [2.24, 2.45) is 5.73 Å². The first-order valence-corrected chi connectivity index (χ1v) is 8.08. The van der Waals surface area contributed by atoms with Crippen LogP contribution < -0.4 is 10.5 Å². The van der Waals surface area contributed by atoms with Gasteiger partial charge in [0.1, 0.15) is 0 Å². The molecule has 0 spiro atoms. The number of aliphatic hydroxyl groups is 1. The molecule has 0 bridgehead atoms. The summed E-state index contributed by atoms with van der Waals surface area (Å²) in [7, 11) is -4.01. The zero-order chi connectivity index (χ0) is 16.8. The van der Waals surface area contributed by atoms with Crippen molar-refractivity contribution in [1.29, 1.82) is 0 Å². The lowest BCUT2D eigenvalue weighted by Crippen LogP contribution is -2.36. The second-order valence-electron chi connectivity index (χ2n) is 4.60. The topological polar surface area (TPSA) is 153 Å². The van der Waals surface area contributed by atoms with Crippen LogP contribution in [-0.4, -0.2) is 42.8 Å². The number of nitro benzene ring substituents is 1. The van der Waals surface area contributed by atoms with Gasteiger partial charge in [-0.2, -0.15) is 0 Å². The Morgan fingerprint density at radius 2 is 1.95 bits per heavy atom. The van der Waals surface area contributed by atoms with Crippen LogP contribution in [0.15, 0.2) is 24.3 Å². The van der Waals surface area contributed by atoms with Crippen molar-refractivity contribution < 1.29 is 23.2 Å². The minimum absolute atomic E-state index is 0.0365. The normalized spacial score (nSPS) is 12.6. The van der Waals surface area contributed by atoms with Crippen molar-refractivity contribution in [3.63, 3.8) is 0 Å². The molecule has 0 fully saturated rings. The number of nitro groups is 1. The average Bonchev–Trinajstić information content (AvgIpc) is 2.44. The van der Waals surface area contributed by atoms with Crippen LogP contribution in [0.2, 0.25) is 0 Å². The fourth-order valence-electron chi connectivity index (χ4n) is 1.67. The first-order valence-electron chi connectivity index (χ1n) is 6.42. The zero-order valence-corrected chi connectivity index (χ0v) is 12.5. The number of non-ortho nitro benzene ring substituents is 1. The van der Waals surface area contributed by atoms with Crippen LogP contribution in [0.1, 0.15) is 23.2 Å². The van der Waals surface area contributed by atoms with Crippen molar-refractivity contribution in [3.05, 3.63) is 39.9 Å². The number of rotatable bonds is 8. The van der Waals surface area contributed by atoms with Gasteiger partial charge in [0, 0.05) is 17.7 Å². The van der Waals surface area contributed by atoms with E-state index in [2.05, 4.69) is 0 Å². The molecule has 122 valence electrons. The van der Waals surface area contributed by atoms with Crippen molar-refractivity contribution in [1.82, 2.24) is 4.72 Å². The van der Waals surface area contributed by atoms with E-state index in [1.807, 2.05) is 0 Å². The van der Waals surface area contributed by atoms with Crippen molar-refractivity contribution in [2.75, 3.05) is 12.3 Å². The Morgan fingerprint density at radius 1 is 1.36 bits per heavy atom. The SMILES string of the molecule is NCCCC(O)CS(=O)(=O)NC(=O)c1ccc([N+](=O)[O-])cc1. The van der Waals surface area contributed by atoms with E-state index in [4.69, 9.17) is 5.73 Å². The predicted octanol–water partition coefficient (Wildman–Crippen LogP) is -0.246. The summed E-state index contributed by atoms with van der Waals surface area (Å²) in [6, 6.07) is 4.48. The molecule has 0 aliphatic carbocycles. The van der Waals surface area contributed by atoms with Crippen LogP contribution in [0.3, 0.4) is 0 Å². The molecule has 1 aromatic carbocycles. The highest BCUT2D eigenvalue weighted by Gasteiger charge is 2.20. The number of hydrogen-bond donors (Lipinski definition) is 3. The van der Waals surface area contributed by atoms with E-state index in [1.165, 1.54) is 0 Å². The first kappa shape index (κ1) is 18.0. The van der Waals surface area contributed by atoms with Gasteiger partial charge in [-0.3, -0.25) is 14.9 Å². The number of benzene rings is 1. The molecule has 0 aliphatic rings. The number of carbonyl (C=O) groups is 1. The maximum Gasteiger partial charge on any atom is 0.269 e. The third-order valence-corrected chi connectivity index (χ3v) is 4.06. The van der Waals surface area contributed by atoms with Crippen molar-refractivity contribution in [3.8, 4) is 0 Å². The molecule has 0 heterocycles. The van der Waals surface area contributed by atoms with Gasteiger partial charge in [0.15, 0.2) is 0 Å². The predicted molar refractivity (Wildman–Crippen MR) is 78.6 cm³/mol. The van der Waals surface area contributed by atoms with E-state index >= 15 is 0 Å². The Bertz CT molecular complexity index is 629. The quantitative estimate of drug-likeness (QED) is 0.438. The Balaban J connectivity index is 2.68. The van der Waals surface area contributed by atoms with Crippen molar-refractivity contribution in [2.45, 2.75) is 18.9 Å². The van der Waals surface area contributed by atoms with Crippen LogP contribution in [0, 0.1) is 10.1 Å². The molecule has 1 atom stereocenters. The summed E-state index contributed by atoms with van der Waals surface area (Å²) in [6.07, 6.45) is -0.443. The molecule has 0 aromatic heterocycles. The van der Waals surface area contributed by atoms with Crippen molar-refractivity contribution >= 4 is 21.6 Å². The van der Waals surface area contributed by atoms with Gasteiger partial charge in [0.05, 0.1) is 16.8 Å². The molecule has 10 heteroatoms. The number of nitrogens with zero attached hydrogens (tertiary/aromatic N) is 1. The van der Waals surface area contributed by atoms with Crippen LogP contribution in [0.5, 0.6) is 0 Å². The van der Waals surface area contributed by atoms with Gasteiger partial charge in [0.2, 0.25) is 10.0 Å². The molecule has 0 aliphatic heterocycles. The molecule has 1 rings (SSSR count). The summed E-state index contributed by atoms with van der Waals surface area (Å²) in [5.41, 5.74) is 5.00. The maximum atomic E-state index is 11.8. The Morgan fingerprint density at radius 3 is 2.45 bits per heavy atom. The van der Waals surface area contributed by atoms with Gasteiger partial charge in [-0.1, -0.05) is 0 Å². The average molecular weight is 331 g/mol. The van der Waals surface area contributed by atoms with Crippen LogP contribution in [0.4, 0.5) is 5.69 Å². The van der Waals surface area contributed by atoms with E-state index in [1.54, 1.807) is 4.72 Å². The molecule has 1 amide bonds. The number of nitrogens with two attached hydrogens (primary N) is 1. The molecular formula is C12H17N3O6S. The van der Waals surface area contributed by atoms with E-state index in [0.29, 0.717) is 13.0 Å². The molecule has 1 aromatic rings. The summed E-state index contributed by atoms with van der Waals surface area (Å²) in [5.74, 6) is -1.54. The molecule has 0 saturated carbocycles. The van der Waals surface area contributed by atoms with E-state index < -0.39 is 32.7 Å². The maximum absolute atomic E-state index is 11.8. The monoisotopic (exact) mass is 331 g/mol.